The number of amides is 4. The Labute approximate surface area is 548 Å². The maximum absolute atomic E-state index is 13.0. The summed E-state index contributed by atoms with van der Waals surface area (Å²) < 4.78 is 0. The largest absolute Gasteiger partial charge is 0.400 e. The fourth-order valence-electron chi connectivity index (χ4n) is 11.3. The zero-order chi connectivity index (χ0) is 62.9. The molecule has 0 bridgehead atoms. The van der Waals surface area contributed by atoms with E-state index in [2.05, 4.69) is 66.4 Å². The number of piperazine rings is 2. The molecule has 23 nitrogen and oxygen atoms in total. The molecule has 0 unspecified atom stereocenters. The van der Waals surface area contributed by atoms with Gasteiger partial charge in [-0.15, -0.1) is 0 Å². The number of benzene rings is 4. The van der Waals surface area contributed by atoms with Gasteiger partial charge in [0, 0.05) is 169 Å². The Morgan fingerprint density at radius 2 is 0.978 bits per heavy atom. The van der Waals surface area contributed by atoms with Gasteiger partial charge in [0.25, 0.3) is 5.69 Å². The van der Waals surface area contributed by atoms with Crippen LogP contribution >= 0.6 is 0 Å². The molecule has 0 radical (unpaired) electrons. The number of urea groups is 2. The normalized spacial score (nSPS) is 15.3. The number of aryl methyl sites for hydroxylation is 2. The Hall–Kier alpha value is -8.76. The molecule has 0 aliphatic carbocycles. The molecule has 24 heteroatoms. The van der Waals surface area contributed by atoms with Crippen molar-refractivity contribution in [3.05, 3.63) is 171 Å². The van der Waals surface area contributed by atoms with Crippen molar-refractivity contribution in [2.24, 2.45) is 11.8 Å². The van der Waals surface area contributed by atoms with Crippen LogP contribution in [0.25, 0.3) is 0 Å². The van der Waals surface area contributed by atoms with Crippen LogP contribution in [0, 0.1) is 65.9 Å². The molecule has 4 amide bonds. The van der Waals surface area contributed by atoms with Gasteiger partial charge in [-0.3, -0.25) is 19.7 Å². The van der Waals surface area contributed by atoms with E-state index < -0.39 is 4.92 Å². The van der Waals surface area contributed by atoms with Gasteiger partial charge in [0.05, 0.1) is 28.2 Å². The first kappa shape index (κ1) is 73.0. The standard InChI is InChI=1S/C32H36N8O4.C32H38N8O2.CH4O.CH4.CH3.Pd/c1-22-21-34-30(19-25-5-6-26(18-28(25)40(43)44)29(41)17-23-9-11-37(2)12-10-23)36-31(22)38-13-15-39(16-14-38)32(42)35-27-7-3-24(20-33)4-8-27;1-22-21-35-30(19-25-5-6-26(18-28(25)34)29(41)17-23-9-11-38(2)12-10-23)37-31(22)39-13-15-40(16-14-39)32(42)36-27-7-3-24(20-33)4-8-27;1-2;;;/h3-8,18,21,23H,9-17,19H2,1-2H3,(H,35,42);3-8,18,21,23H,9-17,19,34H2,1-2H3,(H,36,42);2H,1H3;1H4;1H3;/q;;;;-1;. The van der Waals surface area contributed by atoms with Crippen LogP contribution in [-0.2, 0) is 33.3 Å². The number of nitrogens with zero attached hydrogens (tertiary/aromatic N) is 13. The monoisotopic (exact) mass is 1330 g/mol. The molecule has 0 saturated carbocycles. The van der Waals surface area contributed by atoms with Crippen molar-refractivity contribution in [1.29, 1.82) is 10.5 Å². The molecule has 4 aromatic carbocycles. The number of carbonyl (C=O) groups is 4. The first-order valence-electron chi connectivity index (χ1n) is 29.8. The third-order valence-electron chi connectivity index (χ3n) is 16.6. The fraction of sp³-hybridized carbons (Fsp3) is 0.418. The molecule has 5 N–H and O–H groups in total. The summed E-state index contributed by atoms with van der Waals surface area (Å²) in [7, 11) is 5.20. The minimum Gasteiger partial charge on any atom is -0.400 e. The van der Waals surface area contributed by atoms with Gasteiger partial charge >= 0.3 is 12.1 Å². The first-order chi connectivity index (χ1) is 42.5. The summed E-state index contributed by atoms with van der Waals surface area (Å²) in [6.07, 6.45) is 9.17. The van der Waals surface area contributed by atoms with Crippen LogP contribution in [0.4, 0.5) is 44.0 Å². The average Bonchev–Trinajstić information content (AvgIpc) is 1.55. The third-order valence-corrected chi connectivity index (χ3v) is 16.6. The Bertz CT molecular complexity index is 3510. The average molecular weight is 1330 g/mol. The summed E-state index contributed by atoms with van der Waals surface area (Å²) in [5.74, 6) is 3.52. The number of nitrogens with one attached hydrogen (secondary N) is 2. The van der Waals surface area contributed by atoms with Crippen LogP contribution in [0.15, 0.2) is 97.3 Å². The number of nitrogens with two attached hydrogens (primary N) is 1. The van der Waals surface area contributed by atoms with Crippen LogP contribution in [-0.4, -0.2) is 173 Å². The van der Waals surface area contributed by atoms with E-state index in [0.29, 0.717) is 140 Å². The second-order valence-corrected chi connectivity index (χ2v) is 22.9. The second kappa shape index (κ2) is 35.0. The van der Waals surface area contributed by atoms with Crippen molar-refractivity contribution in [1.82, 2.24) is 39.5 Å². The third kappa shape index (κ3) is 20.1. The number of aliphatic hydroxyl groups is 1. The molecule has 4 aliphatic rings. The number of nitro benzene ring substituents is 1. The quantitative estimate of drug-likeness (QED) is 0.0186. The van der Waals surface area contributed by atoms with Gasteiger partial charge in [0.2, 0.25) is 0 Å². The summed E-state index contributed by atoms with van der Waals surface area (Å²) in [5.41, 5.74) is 13.4. The molecule has 0 atom stereocenters. The Morgan fingerprint density at radius 1 is 0.604 bits per heavy atom. The predicted octanol–water partition coefficient (Wildman–Crippen LogP) is 9.22. The van der Waals surface area contributed by atoms with Gasteiger partial charge < -0.3 is 58.3 Å². The van der Waals surface area contributed by atoms with Gasteiger partial charge in [-0.05, 0) is 152 Å². The van der Waals surface area contributed by atoms with Gasteiger partial charge in [-0.25, -0.2) is 29.5 Å². The Balaban J connectivity index is 0.000000312. The van der Waals surface area contributed by atoms with E-state index in [1.54, 1.807) is 82.7 Å². The summed E-state index contributed by atoms with van der Waals surface area (Å²) in [4.78, 5) is 94.0. The minimum atomic E-state index is -0.446. The maximum atomic E-state index is 13.0. The fourth-order valence-corrected chi connectivity index (χ4v) is 11.3. The van der Waals surface area contributed by atoms with Crippen molar-refractivity contribution in [3.8, 4) is 12.1 Å². The van der Waals surface area contributed by atoms with E-state index in [9.17, 15) is 29.3 Å². The number of ketones is 2. The van der Waals surface area contributed by atoms with Crippen LogP contribution in [0.3, 0.4) is 0 Å². The van der Waals surface area contributed by atoms with Gasteiger partial charge in [0.1, 0.15) is 23.3 Å². The van der Waals surface area contributed by atoms with Gasteiger partial charge in [-0.2, -0.15) is 10.5 Å². The number of carbonyl (C=O) groups excluding carboxylic acids is 4. The van der Waals surface area contributed by atoms with Crippen LogP contribution < -0.4 is 26.2 Å². The molecule has 4 fully saturated rings. The maximum Gasteiger partial charge on any atom is 0.321 e. The summed E-state index contributed by atoms with van der Waals surface area (Å²) >= 11 is 0. The number of nitro groups is 1. The molecular formula is C67H85N16O7Pd-. The SMILES string of the molecule is C.CO.Cc1cnc(Cc2ccc(C(=O)CC3CCN(C)CC3)cc2N)nc1N1CCN(C(=O)Nc2ccc(C#N)cc2)CC1.Cc1cnc(Cc2ccc(C(=O)CC3CCN(C)CC3)cc2[N+](=O)[O-])nc1N1CCN(C(=O)Nc2ccc(C#N)cc2)CC1.[CH3-].[Pd]. The zero-order valence-electron chi connectivity index (χ0n) is 52.1. The molecule has 10 rings (SSSR count). The van der Waals surface area contributed by atoms with Gasteiger partial charge in [-0.1, -0.05) is 31.7 Å². The number of anilines is 5. The van der Waals surface area contributed by atoms with Crippen LogP contribution in [0.5, 0.6) is 0 Å². The van der Waals surface area contributed by atoms with Crippen LogP contribution in [0.1, 0.15) is 112 Å². The number of hydrogen-bond donors (Lipinski definition) is 4. The van der Waals surface area contributed by atoms with Crippen molar-refractivity contribution < 1.29 is 49.6 Å². The molecule has 6 aromatic rings. The number of nitrogen functional groups attached to an aromatic ring is 1. The number of nitriles is 2. The molecule has 4 saturated heterocycles. The topological polar surface area (TPSA) is 300 Å². The van der Waals surface area contributed by atoms with E-state index in [1.165, 1.54) is 6.07 Å². The predicted molar refractivity (Wildman–Crippen MR) is 351 cm³/mol. The molecule has 2 aromatic heterocycles. The number of piperidine rings is 2. The van der Waals surface area contributed by atoms with E-state index in [1.807, 2.05) is 32.2 Å². The molecule has 6 heterocycles. The van der Waals surface area contributed by atoms with Crippen molar-refractivity contribution in [2.45, 2.75) is 72.6 Å². The van der Waals surface area contributed by atoms with Crippen LogP contribution in [0.2, 0.25) is 0 Å². The first-order valence-corrected chi connectivity index (χ1v) is 29.8. The smallest absolute Gasteiger partial charge is 0.321 e. The molecular weight excluding hydrogens is 1250 g/mol. The van der Waals surface area contributed by atoms with E-state index in [4.69, 9.17) is 31.3 Å². The molecule has 486 valence electrons. The summed E-state index contributed by atoms with van der Waals surface area (Å²) in [6, 6.07) is 27.6. The number of rotatable bonds is 15. The van der Waals surface area contributed by atoms with E-state index in [-0.39, 0.29) is 71.0 Å². The van der Waals surface area contributed by atoms with Gasteiger partial charge in [0.15, 0.2) is 11.6 Å². The van der Waals surface area contributed by atoms with Crippen molar-refractivity contribution in [2.75, 3.05) is 126 Å². The number of likely N-dealkylation sites (tertiary alicyclic amines) is 2. The van der Waals surface area contributed by atoms with Crippen molar-refractivity contribution in [3.63, 3.8) is 0 Å². The molecule has 4 aliphatic heterocycles. The summed E-state index contributed by atoms with van der Waals surface area (Å²) in [5, 5.41) is 42.7. The summed E-state index contributed by atoms with van der Waals surface area (Å²) in [6.45, 7) is 12.4. The number of Topliss-reactive ketones (excluding diaryl/α,β-unsaturated/α-hetero) is 2. The zero-order valence-corrected chi connectivity index (χ0v) is 53.7. The van der Waals surface area contributed by atoms with E-state index in [0.717, 1.165) is 87.3 Å². The Kier molecular flexibility index (Phi) is 28.1. The second-order valence-electron chi connectivity index (χ2n) is 22.9. The molecule has 91 heavy (non-hydrogen) atoms. The van der Waals surface area contributed by atoms with E-state index >= 15 is 0 Å². The number of aromatic nitrogens is 4. The molecule has 0 spiro atoms. The number of hydrogen-bond acceptors (Lipinski definition) is 18. The minimum absolute atomic E-state index is 0. The van der Waals surface area contributed by atoms with Crippen molar-refractivity contribution >= 4 is 58.0 Å². The Morgan fingerprint density at radius 3 is 1.35 bits per heavy atom. The number of aliphatic hydroxyl groups excluding tert-OH is 1.